The summed E-state index contributed by atoms with van der Waals surface area (Å²) in [6, 6.07) is 10.7. The van der Waals surface area contributed by atoms with Crippen LogP contribution in [0.4, 0.5) is 26.3 Å². The number of aromatic nitrogens is 1. The lowest BCUT2D eigenvalue weighted by atomic mass is 9.89. The quantitative estimate of drug-likeness (QED) is 0.534. The molecule has 0 radical (unpaired) electrons. The number of pyridine rings is 1. The van der Waals surface area contributed by atoms with Crippen LogP contribution >= 0.6 is 0 Å². The molecule has 0 unspecified atom stereocenters. The van der Waals surface area contributed by atoms with E-state index in [9.17, 15) is 26.3 Å². The first-order valence-electron chi connectivity index (χ1n) is 11.2. The van der Waals surface area contributed by atoms with Crippen molar-refractivity contribution < 1.29 is 55.3 Å². The van der Waals surface area contributed by atoms with Crippen molar-refractivity contribution in [3.8, 4) is 0 Å². The van der Waals surface area contributed by atoms with Gasteiger partial charge in [0.15, 0.2) is 0 Å². The third kappa shape index (κ3) is 9.61. The zero-order valence-electron chi connectivity index (χ0n) is 20.2. The van der Waals surface area contributed by atoms with Crippen LogP contribution in [0.25, 0.3) is 0 Å². The Labute approximate surface area is 213 Å². The highest BCUT2D eigenvalue weighted by Gasteiger charge is 2.44. The van der Waals surface area contributed by atoms with E-state index in [-0.39, 0.29) is 0 Å². The average Bonchev–Trinajstić information content (AvgIpc) is 3.50. The standard InChI is InChI=1S/C19H25N3O2.2C2HF3O2/c1-23-19-7-9-22(11-15-5-2-3-8-20-15)18-14-21(13-17(18)19)12-16-6-4-10-24-16;2*3-2(4,5)1(6)7/h2-6,8,10,17-19H,7,9,11-14H2,1H3;2*(H,6,7)/t17-,18+,19+;;/m0../s1. The van der Waals surface area contributed by atoms with Crippen LogP contribution in [0.3, 0.4) is 0 Å². The molecule has 2 aliphatic rings. The fourth-order valence-electron chi connectivity index (χ4n) is 4.26. The van der Waals surface area contributed by atoms with Gasteiger partial charge in [-0.1, -0.05) is 6.07 Å². The topological polar surface area (TPSA) is 116 Å². The van der Waals surface area contributed by atoms with Crippen molar-refractivity contribution in [1.82, 2.24) is 14.8 Å². The second kappa shape index (κ2) is 13.6. The minimum atomic E-state index is -5.08. The predicted octanol–water partition coefficient (Wildman–Crippen LogP) is 3.66. The van der Waals surface area contributed by atoms with Gasteiger partial charge in [-0.3, -0.25) is 14.8 Å². The Morgan fingerprint density at radius 2 is 1.66 bits per heavy atom. The van der Waals surface area contributed by atoms with Crippen LogP contribution in [-0.2, 0) is 27.4 Å². The van der Waals surface area contributed by atoms with E-state index in [0.29, 0.717) is 18.1 Å². The maximum absolute atomic E-state index is 10.6. The Balaban J connectivity index is 0.000000301. The summed E-state index contributed by atoms with van der Waals surface area (Å²) in [7, 11) is 1.85. The molecule has 2 aromatic heterocycles. The molecular weight excluding hydrogens is 528 g/mol. The van der Waals surface area contributed by atoms with Crippen molar-refractivity contribution >= 4 is 11.9 Å². The fourth-order valence-corrected chi connectivity index (χ4v) is 4.26. The summed E-state index contributed by atoms with van der Waals surface area (Å²) in [5.41, 5.74) is 1.15. The lowest BCUT2D eigenvalue weighted by molar-refractivity contribution is -0.193. The van der Waals surface area contributed by atoms with Gasteiger partial charge in [0.1, 0.15) is 5.76 Å². The van der Waals surface area contributed by atoms with E-state index in [4.69, 9.17) is 29.0 Å². The van der Waals surface area contributed by atoms with Gasteiger partial charge in [-0.25, -0.2) is 9.59 Å². The van der Waals surface area contributed by atoms with Gasteiger partial charge in [-0.2, -0.15) is 26.3 Å². The molecule has 2 aliphatic heterocycles. The summed E-state index contributed by atoms with van der Waals surface area (Å²) in [5, 5.41) is 14.2. The van der Waals surface area contributed by atoms with E-state index < -0.39 is 24.3 Å². The Kier molecular flexibility index (Phi) is 11.1. The molecule has 15 heteroatoms. The van der Waals surface area contributed by atoms with Crippen molar-refractivity contribution in [2.75, 3.05) is 26.7 Å². The Morgan fingerprint density at radius 3 is 2.13 bits per heavy atom. The molecule has 3 atom stereocenters. The minimum absolute atomic E-state index is 0.358. The monoisotopic (exact) mass is 555 g/mol. The van der Waals surface area contributed by atoms with Crippen molar-refractivity contribution in [3.05, 3.63) is 54.2 Å². The minimum Gasteiger partial charge on any atom is -0.475 e. The number of carboxylic acid groups (broad SMARTS) is 2. The number of aliphatic carboxylic acids is 2. The van der Waals surface area contributed by atoms with Crippen molar-refractivity contribution in [3.63, 3.8) is 0 Å². The predicted molar refractivity (Wildman–Crippen MR) is 119 cm³/mol. The highest BCUT2D eigenvalue weighted by molar-refractivity contribution is 5.73. The Morgan fingerprint density at radius 1 is 1.03 bits per heavy atom. The van der Waals surface area contributed by atoms with Crippen molar-refractivity contribution in [1.29, 1.82) is 0 Å². The van der Waals surface area contributed by atoms with Gasteiger partial charge in [-0.15, -0.1) is 0 Å². The first-order chi connectivity index (χ1) is 17.7. The molecule has 0 aliphatic carbocycles. The number of alkyl halides is 6. The molecule has 2 aromatic rings. The van der Waals surface area contributed by atoms with Gasteiger partial charge in [0.05, 0.1) is 24.6 Å². The molecular formula is C23H27F6N3O6. The number of ether oxygens (including phenoxy) is 1. The van der Waals surface area contributed by atoms with Gasteiger partial charge in [0, 0.05) is 51.4 Å². The first-order valence-corrected chi connectivity index (χ1v) is 11.2. The lowest BCUT2D eigenvalue weighted by Crippen LogP contribution is -2.50. The number of rotatable bonds is 5. The van der Waals surface area contributed by atoms with Crippen molar-refractivity contribution in [2.45, 2.75) is 44.0 Å². The van der Waals surface area contributed by atoms with Crippen LogP contribution in [0.2, 0.25) is 0 Å². The maximum atomic E-state index is 10.6. The fraction of sp³-hybridized carbons (Fsp3) is 0.522. The molecule has 2 fully saturated rings. The smallest absolute Gasteiger partial charge is 0.475 e. The van der Waals surface area contributed by atoms with E-state index in [1.54, 1.807) is 6.26 Å². The molecule has 0 spiro atoms. The van der Waals surface area contributed by atoms with E-state index in [2.05, 4.69) is 33.0 Å². The van der Waals surface area contributed by atoms with E-state index in [1.165, 1.54) is 0 Å². The summed E-state index contributed by atoms with van der Waals surface area (Å²) < 4.78 is 74.8. The number of methoxy groups -OCH3 is 1. The highest BCUT2D eigenvalue weighted by atomic mass is 19.4. The molecule has 0 aromatic carbocycles. The number of furan rings is 1. The normalized spacial score (nSPS) is 21.9. The number of halogens is 6. The zero-order valence-corrected chi connectivity index (χ0v) is 20.2. The van der Waals surface area contributed by atoms with Gasteiger partial charge in [-0.05, 0) is 30.7 Å². The average molecular weight is 555 g/mol. The molecule has 9 nitrogen and oxygen atoms in total. The van der Waals surface area contributed by atoms with Crippen LogP contribution in [0.1, 0.15) is 17.9 Å². The van der Waals surface area contributed by atoms with E-state index >= 15 is 0 Å². The largest absolute Gasteiger partial charge is 0.490 e. The van der Waals surface area contributed by atoms with Gasteiger partial charge in [0.2, 0.25) is 0 Å². The number of hydrogen-bond donors (Lipinski definition) is 2. The number of nitrogens with zero attached hydrogens (tertiary/aromatic N) is 3. The molecule has 0 bridgehead atoms. The molecule has 2 N–H and O–H groups in total. The van der Waals surface area contributed by atoms with Crippen LogP contribution < -0.4 is 0 Å². The summed E-state index contributed by atoms with van der Waals surface area (Å²) >= 11 is 0. The van der Waals surface area contributed by atoms with E-state index in [1.807, 2.05) is 25.4 Å². The molecule has 212 valence electrons. The molecule has 4 rings (SSSR count). The van der Waals surface area contributed by atoms with Crippen LogP contribution in [0.5, 0.6) is 0 Å². The van der Waals surface area contributed by atoms with Crippen LogP contribution in [0.15, 0.2) is 47.2 Å². The summed E-state index contributed by atoms with van der Waals surface area (Å²) in [6.45, 7) is 5.02. The molecule has 2 saturated heterocycles. The van der Waals surface area contributed by atoms with Gasteiger partial charge in [0.25, 0.3) is 0 Å². The number of piperidine rings is 1. The zero-order chi connectivity index (χ0) is 28.5. The number of likely N-dealkylation sites (tertiary alicyclic amines) is 2. The molecule has 38 heavy (non-hydrogen) atoms. The summed E-state index contributed by atoms with van der Waals surface area (Å²) in [6.07, 6.45) is -5.08. The van der Waals surface area contributed by atoms with Gasteiger partial charge < -0.3 is 19.4 Å². The first kappa shape index (κ1) is 31.1. The third-order valence-corrected chi connectivity index (χ3v) is 5.89. The Bertz CT molecular complexity index is 979. The second-order valence-corrected chi connectivity index (χ2v) is 8.46. The van der Waals surface area contributed by atoms with Crippen LogP contribution in [0, 0.1) is 5.92 Å². The van der Waals surface area contributed by atoms with Crippen LogP contribution in [-0.4, -0.2) is 88.2 Å². The molecule has 4 heterocycles. The number of fused-ring (bicyclic) bond motifs is 1. The maximum Gasteiger partial charge on any atom is 0.490 e. The lowest BCUT2D eigenvalue weighted by Gasteiger charge is -2.41. The molecule has 0 saturated carbocycles. The van der Waals surface area contributed by atoms with E-state index in [0.717, 1.165) is 50.6 Å². The number of carboxylic acids is 2. The Hall–Kier alpha value is -3.17. The molecule has 0 amide bonds. The summed E-state index contributed by atoms with van der Waals surface area (Å²) in [5.74, 6) is -3.92. The highest BCUT2D eigenvalue weighted by Crippen LogP contribution is 2.34. The third-order valence-electron chi connectivity index (χ3n) is 5.89. The number of carbonyl (C=O) groups is 2. The summed E-state index contributed by atoms with van der Waals surface area (Å²) in [4.78, 5) is 27.4. The second-order valence-electron chi connectivity index (χ2n) is 8.46. The SMILES string of the molecule is CO[C@@H]1CCN(Cc2ccccn2)[C@@H]2CN(Cc3ccco3)C[C@@H]21.O=C(O)C(F)(F)F.O=C(O)C(F)(F)F. The van der Waals surface area contributed by atoms with Gasteiger partial charge >= 0.3 is 24.3 Å². The van der Waals surface area contributed by atoms with Crippen molar-refractivity contribution in [2.24, 2.45) is 5.92 Å². The number of hydrogen-bond acceptors (Lipinski definition) is 7.